The van der Waals surface area contributed by atoms with E-state index in [2.05, 4.69) is 23.3 Å². The van der Waals surface area contributed by atoms with Crippen LogP contribution in [0, 0.1) is 5.92 Å². The lowest BCUT2D eigenvalue weighted by molar-refractivity contribution is -0.152. The maximum Gasteiger partial charge on any atom is 0.326 e. The molecule has 105 heavy (non-hydrogen) atoms. The quantitative estimate of drug-likeness (QED) is 0.0209. The number of amides is 9. The van der Waals surface area contributed by atoms with Crippen molar-refractivity contribution >= 4 is 91.8 Å². The second kappa shape index (κ2) is 47.8. The second-order valence-electron chi connectivity index (χ2n) is 26.5. The van der Waals surface area contributed by atoms with Crippen LogP contribution in [0.1, 0.15) is 115 Å². The van der Waals surface area contributed by atoms with Gasteiger partial charge in [0.05, 0.1) is 55.6 Å². The number of rotatable bonds is 51. The molecule has 1 fully saturated rings. The lowest BCUT2D eigenvalue weighted by Crippen LogP contribution is -2.55. The maximum atomic E-state index is 15.1. The summed E-state index contributed by atoms with van der Waals surface area (Å²) < 4.78 is 54.2. The fraction of sp³-hybridized carbons (Fsp3) is 0.606. The Morgan fingerprint density at radius 2 is 0.924 bits per heavy atom. The summed E-state index contributed by atoms with van der Waals surface area (Å²) >= 11 is 4.10. The Kier molecular flexibility index (Phi) is 40.8. The average Bonchev–Trinajstić information content (AvgIpc) is 0.838. The minimum Gasteiger partial charge on any atom is -0.480 e. The number of primary sulfonamides is 2. The van der Waals surface area contributed by atoms with Crippen molar-refractivity contribution in [1.29, 1.82) is 0 Å². The zero-order valence-electron chi connectivity index (χ0n) is 61.2. The number of ether oxygens (including phenoxy) is 1. The standard InChI is InChI=1S/C71H113N15O16S3/c1-4-102-53-85(68(93)50-84(44-54(2)3)67(92)49-82(40-30-56-21-25-59(26-22-56)104(75,98)99)63(88)43-77-36-29-55-17-7-5-8-18-55)51-70(95)86(58-19-9-6-10-20-58)52-69(94)81(39-16-13-35-74)47-66(91)83(41-31-57-23-27-60(28-24-57)105(76,100)101)48-65(90)80(38-15-12-34-73)46-64(89)79(37-14-11-33-72)45-62(87)78-61(32-42-103)71(96)97/h5,7-8,17-18,21-28,54,58,61,77,103H,4,6,9-16,19-20,29-53,72-74H2,1-3H3,(H,78,87)(H,96,97)(H2,75,98,99)(H2,76,100,101). The predicted octanol–water partition coefficient (Wildman–Crippen LogP) is 0.316. The van der Waals surface area contributed by atoms with Gasteiger partial charge in [0, 0.05) is 51.9 Å². The van der Waals surface area contributed by atoms with Crippen LogP contribution in [-0.4, -0.2) is 276 Å². The highest BCUT2D eigenvalue weighted by molar-refractivity contribution is 7.89. The van der Waals surface area contributed by atoms with Crippen molar-refractivity contribution in [2.45, 2.75) is 139 Å². The molecule has 0 radical (unpaired) electrons. The fourth-order valence-electron chi connectivity index (χ4n) is 11.7. The van der Waals surface area contributed by atoms with Crippen molar-refractivity contribution in [2.75, 3.05) is 143 Å². The number of carboxylic acids is 1. The lowest BCUT2D eigenvalue weighted by atomic mass is 9.94. The molecule has 1 unspecified atom stereocenters. The Hall–Kier alpha value is -7.67. The van der Waals surface area contributed by atoms with Gasteiger partial charge in [0.2, 0.25) is 73.2 Å². The van der Waals surface area contributed by atoms with Crippen LogP contribution in [0.15, 0.2) is 88.7 Å². The number of nitrogens with zero attached hydrogens (tertiary/aromatic N) is 8. The van der Waals surface area contributed by atoms with Gasteiger partial charge in [-0.15, -0.1) is 0 Å². The number of nitrogens with two attached hydrogens (primary N) is 5. The number of benzene rings is 3. The molecule has 34 heteroatoms. The van der Waals surface area contributed by atoms with E-state index in [1.165, 1.54) is 75.6 Å². The van der Waals surface area contributed by atoms with Crippen molar-refractivity contribution in [3.05, 3.63) is 95.6 Å². The zero-order valence-corrected chi connectivity index (χ0v) is 63.7. The molecule has 9 amide bonds. The highest BCUT2D eigenvalue weighted by Crippen LogP contribution is 2.24. The van der Waals surface area contributed by atoms with Gasteiger partial charge in [-0.1, -0.05) is 87.7 Å². The van der Waals surface area contributed by atoms with Crippen molar-refractivity contribution in [1.82, 2.24) is 49.8 Å². The number of hydrogen-bond donors (Lipinski definition) is 9. The molecule has 1 aliphatic rings. The molecule has 31 nitrogen and oxygen atoms in total. The molecule has 0 heterocycles. The van der Waals surface area contributed by atoms with Gasteiger partial charge in [0.15, 0.2) is 0 Å². The fourth-order valence-corrected chi connectivity index (χ4v) is 13.0. The first kappa shape index (κ1) is 89.7. The van der Waals surface area contributed by atoms with Crippen LogP contribution in [0.2, 0.25) is 0 Å². The Morgan fingerprint density at radius 1 is 0.514 bits per heavy atom. The van der Waals surface area contributed by atoms with Gasteiger partial charge < -0.3 is 76.9 Å². The van der Waals surface area contributed by atoms with Gasteiger partial charge in [-0.3, -0.25) is 43.2 Å². The number of carbonyl (C=O) groups is 10. The molecule has 586 valence electrons. The Morgan fingerprint density at radius 3 is 1.36 bits per heavy atom. The minimum absolute atomic E-state index is 0.00811. The van der Waals surface area contributed by atoms with Crippen LogP contribution >= 0.6 is 12.6 Å². The Balaban J connectivity index is 1.67. The third kappa shape index (κ3) is 33.8. The van der Waals surface area contributed by atoms with E-state index >= 15 is 14.4 Å². The second-order valence-corrected chi connectivity index (χ2v) is 30.1. The first-order chi connectivity index (χ1) is 50.0. The van der Waals surface area contributed by atoms with Gasteiger partial charge in [-0.05, 0) is 163 Å². The number of unbranched alkanes of at least 4 members (excludes halogenated alkanes) is 3. The van der Waals surface area contributed by atoms with Crippen molar-refractivity contribution < 1.29 is 74.6 Å². The van der Waals surface area contributed by atoms with Gasteiger partial charge in [0.25, 0.3) is 0 Å². The number of sulfonamides is 2. The molecule has 0 aromatic heterocycles. The average molecular weight is 1530 g/mol. The summed E-state index contributed by atoms with van der Waals surface area (Å²) in [5.41, 5.74) is 19.9. The molecular formula is C71H113N15O16S3. The summed E-state index contributed by atoms with van der Waals surface area (Å²) in [5, 5.41) is 26.0. The number of carbonyl (C=O) groups excluding carboxylic acids is 9. The van der Waals surface area contributed by atoms with E-state index in [1.807, 2.05) is 44.2 Å². The first-order valence-electron chi connectivity index (χ1n) is 36.0. The number of thiol groups is 1. The summed E-state index contributed by atoms with van der Waals surface area (Å²) in [5.74, 6) is -7.02. The summed E-state index contributed by atoms with van der Waals surface area (Å²) in [4.78, 5) is 153. The third-order valence-electron chi connectivity index (χ3n) is 17.7. The number of carboxylic acid groups (broad SMARTS) is 1. The molecule has 3 aromatic rings. The molecule has 1 atom stereocenters. The highest BCUT2D eigenvalue weighted by atomic mass is 32.2. The minimum atomic E-state index is -4.08. The van der Waals surface area contributed by atoms with E-state index < -0.39 is 144 Å². The van der Waals surface area contributed by atoms with Crippen LogP contribution in [-0.2, 0) is 92.0 Å². The van der Waals surface area contributed by atoms with Crippen LogP contribution in [0.3, 0.4) is 0 Å². The number of nitrogens with one attached hydrogen (secondary N) is 2. The summed E-state index contributed by atoms with van der Waals surface area (Å²) in [7, 11) is -8.06. The third-order valence-corrected chi connectivity index (χ3v) is 19.8. The van der Waals surface area contributed by atoms with Gasteiger partial charge in [0.1, 0.15) is 25.9 Å². The maximum absolute atomic E-state index is 15.1. The van der Waals surface area contributed by atoms with Gasteiger partial charge in [-0.2, -0.15) is 12.6 Å². The highest BCUT2D eigenvalue weighted by Gasteiger charge is 2.35. The molecule has 0 bridgehead atoms. The van der Waals surface area contributed by atoms with E-state index in [-0.39, 0.29) is 120 Å². The van der Waals surface area contributed by atoms with Crippen LogP contribution in [0.5, 0.6) is 0 Å². The van der Waals surface area contributed by atoms with E-state index in [0.29, 0.717) is 75.5 Å². The number of hydrogen-bond acceptors (Lipinski definition) is 20. The van der Waals surface area contributed by atoms with E-state index in [1.54, 1.807) is 19.1 Å². The van der Waals surface area contributed by atoms with E-state index in [0.717, 1.165) is 24.8 Å². The molecule has 0 saturated heterocycles. The monoisotopic (exact) mass is 1530 g/mol. The van der Waals surface area contributed by atoms with Crippen molar-refractivity contribution in [2.24, 2.45) is 33.4 Å². The Labute approximate surface area is 624 Å². The van der Waals surface area contributed by atoms with E-state index in [9.17, 15) is 55.5 Å². The van der Waals surface area contributed by atoms with Gasteiger partial charge in [-0.25, -0.2) is 31.9 Å². The number of aliphatic carboxylic acids is 1. The van der Waals surface area contributed by atoms with Crippen LogP contribution in [0.4, 0.5) is 0 Å². The first-order valence-corrected chi connectivity index (χ1v) is 39.8. The normalized spacial score (nSPS) is 12.8. The van der Waals surface area contributed by atoms with Crippen molar-refractivity contribution in [3.8, 4) is 0 Å². The zero-order chi connectivity index (χ0) is 77.5. The summed E-state index contributed by atoms with van der Waals surface area (Å²) in [6.45, 7) is 1.79. The van der Waals surface area contributed by atoms with Gasteiger partial charge >= 0.3 is 5.97 Å². The molecule has 0 aliphatic heterocycles. The molecular weight excluding hydrogens is 1420 g/mol. The predicted molar refractivity (Wildman–Crippen MR) is 400 cm³/mol. The largest absolute Gasteiger partial charge is 0.480 e. The molecule has 0 spiro atoms. The molecule has 4 rings (SSSR count). The Bertz CT molecular complexity index is 3470. The van der Waals surface area contributed by atoms with Crippen molar-refractivity contribution in [3.63, 3.8) is 0 Å². The SMILES string of the molecule is CCOCN(CC(=O)N(CC(=O)N(CCCCN)CC(=O)N(CCc1ccc(S(N)(=O)=O)cc1)CC(=O)N(CCCCN)CC(=O)N(CCCCN)CC(=O)NC(CCS)C(=O)O)C1CCCCC1)C(=O)CN(CC(C)C)C(=O)CN(CCc1ccc(S(N)(=O)=O)cc1)C(=O)CNCCc1ccccc1. The molecule has 1 saturated carbocycles. The van der Waals surface area contributed by atoms with E-state index in [4.69, 9.17) is 32.2 Å². The molecule has 1 aliphatic carbocycles. The smallest absolute Gasteiger partial charge is 0.326 e. The van der Waals surface area contributed by atoms with Crippen LogP contribution < -0.4 is 38.1 Å². The van der Waals surface area contributed by atoms with Crippen LogP contribution in [0.25, 0.3) is 0 Å². The molecule has 3 aromatic carbocycles. The summed E-state index contributed by atoms with van der Waals surface area (Å²) in [6.07, 6.45) is 6.62. The lowest BCUT2D eigenvalue weighted by Gasteiger charge is -2.37. The topological polar surface area (TPSA) is 449 Å². The summed E-state index contributed by atoms with van der Waals surface area (Å²) in [6, 6.07) is 19.4. The molecule has 13 N–H and O–H groups in total.